The van der Waals surface area contributed by atoms with Gasteiger partial charge in [-0.2, -0.15) is 0 Å². The van der Waals surface area contributed by atoms with Crippen molar-refractivity contribution in [1.82, 2.24) is 0 Å². The quantitative estimate of drug-likeness (QED) is 0.660. The van der Waals surface area contributed by atoms with Gasteiger partial charge in [-0.25, -0.2) is 0 Å². The van der Waals surface area contributed by atoms with Crippen LogP contribution in [-0.2, 0) is 23.6 Å². The van der Waals surface area contributed by atoms with E-state index in [-0.39, 0.29) is 6.10 Å². The molecule has 0 saturated heterocycles. The Hall–Kier alpha value is -1.23. The van der Waals surface area contributed by atoms with Crippen LogP contribution in [-0.4, -0.2) is 19.8 Å². The number of rotatable bonds is 6. The van der Waals surface area contributed by atoms with Gasteiger partial charge in [0.15, 0.2) is 11.5 Å². The number of hydrogen-bond donors (Lipinski definition) is 0. The van der Waals surface area contributed by atoms with Crippen LogP contribution in [0.3, 0.4) is 0 Å². The first-order valence-electron chi connectivity index (χ1n) is 7.45. The molecule has 0 saturated carbocycles. The number of halogens is 2. The van der Waals surface area contributed by atoms with E-state index >= 15 is 0 Å². The molecule has 0 aliphatic carbocycles. The lowest BCUT2D eigenvalue weighted by molar-refractivity contribution is 0.0927. The standard InChI is InChI=1S/C18H18BrClO3/c1-21-11-13-7-14-15(9-20)16(19)8-17(18(14)23-13)22-10-12-5-3-2-4-6-12/h2-6,8,13H,7,9-11H2,1H3. The Morgan fingerprint density at radius 2 is 2.09 bits per heavy atom. The summed E-state index contributed by atoms with van der Waals surface area (Å²) in [6.45, 7) is 1.05. The predicted molar refractivity (Wildman–Crippen MR) is 94.5 cm³/mol. The zero-order valence-corrected chi connectivity index (χ0v) is 15.2. The van der Waals surface area contributed by atoms with Crippen molar-refractivity contribution in [3.05, 3.63) is 57.6 Å². The molecular formula is C18H18BrClO3. The summed E-state index contributed by atoms with van der Waals surface area (Å²) in [5, 5.41) is 0. The number of fused-ring (bicyclic) bond motifs is 1. The highest BCUT2D eigenvalue weighted by atomic mass is 79.9. The number of hydrogen-bond acceptors (Lipinski definition) is 3. The lowest BCUT2D eigenvalue weighted by Crippen LogP contribution is -2.19. The normalized spacial score (nSPS) is 16.0. The van der Waals surface area contributed by atoms with E-state index in [1.165, 1.54) is 0 Å². The Labute approximate surface area is 149 Å². The number of methoxy groups -OCH3 is 1. The van der Waals surface area contributed by atoms with E-state index < -0.39 is 0 Å². The number of alkyl halides is 1. The molecule has 0 radical (unpaired) electrons. The summed E-state index contributed by atoms with van der Waals surface area (Å²) in [5.41, 5.74) is 3.29. The van der Waals surface area contributed by atoms with Gasteiger partial charge in [-0.05, 0) is 17.2 Å². The molecule has 2 aromatic rings. The van der Waals surface area contributed by atoms with Gasteiger partial charge in [-0.3, -0.25) is 0 Å². The molecule has 23 heavy (non-hydrogen) atoms. The maximum atomic E-state index is 6.11. The molecule has 3 nitrogen and oxygen atoms in total. The molecule has 0 fully saturated rings. The zero-order chi connectivity index (χ0) is 16.2. The molecule has 1 unspecified atom stereocenters. The van der Waals surface area contributed by atoms with E-state index in [0.717, 1.165) is 39.1 Å². The van der Waals surface area contributed by atoms with Crippen LogP contribution in [0.2, 0.25) is 0 Å². The monoisotopic (exact) mass is 396 g/mol. The van der Waals surface area contributed by atoms with Crippen LogP contribution in [0.25, 0.3) is 0 Å². The van der Waals surface area contributed by atoms with Crippen molar-refractivity contribution >= 4 is 27.5 Å². The van der Waals surface area contributed by atoms with Crippen molar-refractivity contribution < 1.29 is 14.2 Å². The first-order chi connectivity index (χ1) is 11.2. The van der Waals surface area contributed by atoms with Crippen LogP contribution in [0, 0.1) is 0 Å². The van der Waals surface area contributed by atoms with Gasteiger partial charge >= 0.3 is 0 Å². The van der Waals surface area contributed by atoms with Gasteiger partial charge in [0, 0.05) is 29.4 Å². The summed E-state index contributed by atoms with van der Waals surface area (Å²) in [4.78, 5) is 0. The van der Waals surface area contributed by atoms with Crippen LogP contribution in [0.4, 0.5) is 0 Å². The maximum absolute atomic E-state index is 6.11. The van der Waals surface area contributed by atoms with E-state index in [0.29, 0.717) is 19.1 Å². The minimum Gasteiger partial charge on any atom is -0.485 e. The Kier molecular flexibility index (Phi) is 5.46. The Balaban J connectivity index is 1.86. The molecule has 2 aromatic carbocycles. The highest BCUT2D eigenvalue weighted by Crippen LogP contribution is 2.44. The lowest BCUT2D eigenvalue weighted by atomic mass is 10.0. The summed E-state index contributed by atoms with van der Waals surface area (Å²) in [6, 6.07) is 12.0. The fourth-order valence-electron chi connectivity index (χ4n) is 2.74. The molecule has 1 aliphatic heterocycles. The molecule has 1 atom stereocenters. The van der Waals surface area contributed by atoms with Gasteiger partial charge < -0.3 is 14.2 Å². The van der Waals surface area contributed by atoms with Crippen molar-refractivity contribution in [2.45, 2.75) is 25.0 Å². The van der Waals surface area contributed by atoms with E-state index in [9.17, 15) is 0 Å². The fourth-order valence-corrected chi connectivity index (χ4v) is 3.80. The minimum atomic E-state index is 0.00495. The molecule has 5 heteroatoms. The topological polar surface area (TPSA) is 27.7 Å². The second-order valence-electron chi connectivity index (χ2n) is 5.45. The molecule has 0 aromatic heterocycles. The SMILES string of the molecule is COCC1Cc2c(CCl)c(Br)cc(OCc3ccccc3)c2O1. The van der Waals surface area contributed by atoms with Gasteiger partial charge in [0.2, 0.25) is 0 Å². The first-order valence-corrected chi connectivity index (χ1v) is 8.78. The average molecular weight is 398 g/mol. The highest BCUT2D eigenvalue weighted by molar-refractivity contribution is 9.10. The van der Waals surface area contributed by atoms with Crippen LogP contribution >= 0.6 is 27.5 Å². The second kappa shape index (κ2) is 7.56. The van der Waals surface area contributed by atoms with Crippen molar-refractivity contribution in [1.29, 1.82) is 0 Å². The number of benzene rings is 2. The molecule has 0 bridgehead atoms. The van der Waals surface area contributed by atoms with Crippen molar-refractivity contribution in [2.75, 3.05) is 13.7 Å². The van der Waals surface area contributed by atoms with Crippen LogP contribution in [0.5, 0.6) is 11.5 Å². The summed E-state index contributed by atoms with van der Waals surface area (Å²) >= 11 is 9.70. The zero-order valence-electron chi connectivity index (χ0n) is 12.9. The Morgan fingerprint density at radius 3 is 2.78 bits per heavy atom. The van der Waals surface area contributed by atoms with E-state index in [4.69, 9.17) is 25.8 Å². The smallest absolute Gasteiger partial charge is 0.165 e. The fraction of sp³-hybridized carbons (Fsp3) is 0.333. The lowest BCUT2D eigenvalue weighted by Gasteiger charge is -2.14. The molecule has 122 valence electrons. The average Bonchev–Trinajstić information content (AvgIpc) is 2.97. The van der Waals surface area contributed by atoms with E-state index in [1.807, 2.05) is 36.4 Å². The minimum absolute atomic E-state index is 0.00495. The van der Waals surface area contributed by atoms with Crippen LogP contribution < -0.4 is 9.47 Å². The van der Waals surface area contributed by atoms with Crippen LogP contribution in [0.15, 0.2) is 40.9 Å². The third-order valence-electron chi connectivity index (χ3n) is 3.85. The molecule has 3 rings (SSSR count). The molecule has 1 heterocycles. The van der Waals surface area contributed by atoms with Gasteiger partial charge in [0.25, 0.3) is 0 Å². The third-order valence-corrected chi connectivity index (χ3v) is 4.82. The molecule has 0 spiro atoms. The summed E-state index contributed by atoms with van der Waals surface area (Å²) in [5.74, 6) is 1.97. The van der Waals surface area contributed by atoms with Crippen molar-refractivity contribution in [2.24, 2.45) is 0 Å². The molecule has 0 amide bonds. The Bertz CT molecular complexity index is 676. The van der Waals surface area contributed by atoms with Crippen molar-refractivity contribution in [3.8, 4) is 11.5 Å². The second-order valence-corrected chi connectivity index (χ2v) is 6.57. The summed E-state index contributed by atoms with van der Waals surface area (Å²) in [6.07, 6.45) is 0.789. The third kappa shape index (κ3) is 3.65. The van der Waals surface area contributed by atoms with Crippen LogP contribution in [0.1, 0.15) is 16.7 Å². The summed E-state index contributed by atoms with van der Waals surface area (Å²) < 4.78 is 18.2. The van der Waals surface area contributed by atoms with Gasteiger partial charge in [0.05, 0.1) is 6.61 Å². The molecular weight excluding hydrogens is 380 g/mol. The van der Waals surface area contributed by atoms with Gasteiger partial charge in [0.1, 0.15) is 12.7 Å². The van der Waals surface area contributed by atoms with E-state index in [2.05, 4.69) is 15.9 Å². The summed E-state index contributed by atoms with van der Waals surface area (Å²) in [7, 11) is 1.68. The van der Waals surface area contributed by atoms with Gasteiger partial charge in [-0.1, -0.05) is 46.3 Å². The molecule has 0 N–H and O–H groups in total. The predicted octanol–water partition coefficient (Wildman–Crippen LogP) is 4.72. The van der Waals surface area contributed by atoms with Crippen molar-refractivity contribution in [3.63, 3.8) is 0 Å². The largest absolute Gasteiger partial charge is 0.485 e. The maximum Gasteiger partial charge on any atom is 0.165 e. The van der Waals surface area contributed by atoms with Gasteiger partial charge in [-0.15, -0.1) is 11.6 Å². The van der Waals surface area contributed by atoms with E-state index in [1.54, 1.807) is 7.11 Å². The first kappa shape index (κ1) is 16.6. The molecule has 1 aliphatic rings. The highest BCUT2D eigenvalue weighted by Gasteiger charge is 2.30. The Morgan fingerprint density at radius 1 is 1.30 bits per heavy atom. The number of ether oxygens (including phenoxy) is 3.